The van der Waals surface area contributed by atoms with Crippen LogP contribution >= 0.6 is 46.0 Å². The summed E-state index contributed by atoms with van der Waals surface area (Å²) in [6.07, 6.45) is 1.53. The zero-order valence-corrected chi connectivity index (χ0v) is 26.8. The summed E-state index contributed by atoms with van der Waals surface area (Å²) in [6, 6.07) is 15.6. The van der Waals surface area contributed by atoms with E-state index in [1.165, 1.54) is 43.3 Å². The maximum absolute atomic E-state index is 13.0. The zero-order chi connectivity index (χ0) is 30.4. The highest BCUT2D eigenvalue weighted by molar-refractivity contribution is 14.1. The van der Waals surface area contributed by atoms with Crippen molar-refractivity contribution in [2.75, 3.05) is 25.1 Å². The molecule has 1 fully saturated rings. The smallest absolute Gasteiger partial charge is 0.339 e. The topological polar surface area (TPSA) is 128 Å². The Kier molecular flexibility index (Phi) is 10.4. The van der Waals surface area contributed by atoms with Crippen LogP contribution in [0.15, 0.2) is 70.5 Å². The Morgan fingerprint density at radius 1 is 1.07 bits per heavy atom. The van der Waals surface area contributed by atoms with E-state index in [9.17, 15) is 22.8 Å². The number of para-hydroxylation sites is 1. The quantitative estimate of drug-likeness (QED) is 0.139. The number of nitrogens with one attached hydrogen (secondary N) is 1. The number of carbonyl (C=O) groups is 3. The predicted molar refractivity (Wildman–Crippen MR) is 169 cm³/mol. The lowest BCUT2D eigenvalue weighted by atomic mass is 10.2. The summed E-state index contributed by atoms with van der Waals surface area (Å²) in [4.78, 5) is 38.0. The van der Waals surface area contributed by atoms with E-state index in [4.69, 9.17) is 25.3 Å². The molecule has 1 heterocycles. The maximum atomic E-state index is 13.0. The number of imide groups is 1. The number of amides is 3. The summed E-state index contributed by atoms with van der Waals surface area (Å²) >= 11 is 8.79. The van der Waals surface area contributed by atoms with Gasteiger partial charge in [0.25, 0.3) is 11.1 Å². The van der Waals surface area contributed by atoms with E-state index in [0.29, 0.717) is 25.6 Å². The molecule has 3 aromatic rings. The first-order valence-corrected chi connectivity index (χ1v) is 16.1. The maximum Gasteiger partial charge on any atom is 0.339 e. The van der Waals surface area contributed by atoms with E-state index < -0.39 is 21.3 Å². The molecule has 0 saturated carbocycles. The Balaban J connectivity index is 1.51. The molecule has 14 heteroatoms. The molecule has 1 N–H and O–H groups in total. The number of hydrogen-bond acceptors (Lipinski definition) is 9. The van der Waals surface area contributed by atoms with Crippen molar-refractivity contribution in [2.24, 2.45) is 0 Å². The van der Waals surface area contributed by atoms with E-state index in [0.717, 1.165) is 16.7 Å². The molecular formula is C28H24ClIN2O8S2. The molecule has 1 saturated heterocycles. The molecule has 0 aromatic heterocycles. The number of halogens is 2. The Morgan fingerprint density at radius 3 is 2.45 bits per heavy atom. The van der Waals surface area contributed by atoms with Gasteiger partial charge in [-0.3, -0.25) is 19.3 Å². The van der Waals surface area contributed by atoms with Crippen molar-refractivity contribution in [2.45, 2.75) is 18.7 Å². The summed E-state index contributed by atoms with van der Waals surface area (Å²) in [5.74, 6) is -0.200. The number of hydrogen-bond donors (Lipinski definition) is 1. The van der Waals surface area contributed by atoms with Crippen LogP contribution in [0.25, 0.3) is 6.08 Å². The Labute approximate surface area is 265 Å². The minimum Gasteiger partial charge on any atom is -0.490 e. The second-order valence-corrected chi connectivity index (χ2v) is 12.7. The summed E-state index contributed by atoms with van der Waals surface area (Å²) in [6.45, 7) is 3.39. The first-order chi connectivity index (χ1) is 20.0. The molecule has 42 heavy (non-hydrogen) atoms. The minimum atomic E-state index is -4.25. The van der Waals surface area contributed by atoms with Gasteiger partial charge in [0.2, 0.25) is 5.91 Å². The summed E-state index contributed by atoms with van der Waals surface area (Å²) in [5, 5.41) is 2.55. The Bertz CT molecular complexity index is 1660. The molecule has 0 spiro atoms. The second kappa shape index (κ2) is 13.8. The van der Waals surface area contributed by atoms with Gasteiger partial charge in [-0.2, -0.15) is 8.42 Å². The van der Waals surface area contributed by atoms with Crippen molar-refractivity contribution in [1.29, 1.82) is 0 Å². The lowest BCUT2D eigenvalue weighted by molar-refractivity contribution is -0.123. The molecule has 1 aliphatic rings. The average molecular weight is 743 g/mol. The van der Waals surface area contributed by atoms with Gasteiger partial charge in [-0.1, -0.05) is 23.7 Å². The fourth-order valence-electron chi connectivity index (χ4n) is 3.73. The van der Waals surface area contributed by atoms with Crippen LogP contribution in [0.5, 0.6) is 17.2 Å². The fourth-order valence-corrected chi connectivity index (χ4v) is 6.63. The molecule has 220 valence electrons. The first-order valence-electron chi connectivity index (χ1n) is 12.4. The molecule has 0 radical (unpaired) electrons. The average Bonchev–Trinajstić information content (AvgIpc) is 3.19. The van der Waals surface area contributed by atoms with Crippen molar-refractivity contribution < 1.29 is 36.5 Å². The largest absolute Gasteiger partial charge is 0.490 e. The van der Waals surface area contributed by atoms with Crippen LogP contribution in [0.4, 0.5) is 10.5 Å². The normalized spacial score (nSPS) is 14.3. The third kappa shape index (κ3) is 7.76. The number of benzene rings is 3. The van der Waals surface area contributed by atoms with E-state index in [1.54, 1.807) is 37.3 Å². The van der Waals surface area contributed by atoms with E-state index in [-0.39, 0.29) is 47.0 Å². The zero-order valence-electron chi connectivity index (χ0n) is 22.3. The molecule has 4 rings (SSSR count). The van der Waals surface area contributed by atoms with Crippen molar-refractivity contribution >= 4 is 84.9 Å². The molecular weight excluding hydrogens is 719 g/mol. The minimum absolute atomic E-state index is 0.0228. The number of thioether (sulfide) groups is 1. The number of rotatable bonds is 11. The molecule has 1 aliphatic heterocycles. The van der Waals surface area contributed by atoms with Gasteiger partial charge in [-0.05, 0) is 101 Å². The van der Waals surface area contributed by atoms with Crippen LogP contribution in [0.2, 0.25) is 5.02 Å². The van der Waals surface area contributed by atoms with E-state index >= 15 is 0 Å². The van der Waals surface area contributed by atoms with Crippen LogP contribution in [0.1, 0.15) is 19.4 Å². The third-order valence-electron chi connectivity index (χ3n) is 5.57. The van der Waals surface area contributed by atoms with Crippen LogP contribution < -0.4 is 19.0 Å². The SMILES string of the molecule is CCOc1cc(/C=C2\SC(=O)N(CCOc3ccccc3Cl)C2=O)cc(I)c1OS(=O)(=O)c1ccc(NC(C)=O)cc1. The summed E-state index contributed by atoms with van der Waals surface area (Å²) in [7, 11) is -4.25. The Hall–Kier alpha value is -3.27. The van der Waals surface area contributed by atoms with Crippen LogP contribution in [-0.2, 0) is 19.7 Å². The standard InChI is InChI=1S/C28H24ClIN2O8S2/c1-3-38-24-15-18(14-22(30)26(24)40-42(36,37)20-10-8-19(9-11-20)31-17(2)33)16-25-27(34)32(28(35)41-25)12-13-39-23-7-5-4-6-21(23)29/h4-11,14-16H,3,12-13H2,1-2H3,(H,31,33)/b25-16-. The van der Waals surface area contributed by atoms with Gasteiger partial charge < -0.3 is 19.0 Å². The molecule has 3 aromatic carbocycles. The van der Waals surface area contributed by atoms with Gasteiger partial charge in [0.15, 0.2) is 11.5 Å². The van der Waals surface area contributed by atoms with Crippen molar-refractivity contribution in [3.63, 3.8) is 0 Å². The number of anilines is 1. The predicted octanol–water partition coefficient (Wildman–Crippen LogP) is 6.18. The molecule has 0 unspecified atom stereocenters. The van der Waals surface area contributed by atoms with Crippen LogP contribution in [-0.4, -0.2) is 50.1 Å². The molecule has 0 bridgehead atoms. The van der Waals surface area contributed by atoms with Gasteiger partial charge in [-0.25, -0.2) is 0 Å². The van der Waals surface area contributed by atoms with E-state index in [1.807, 2.05) is 22.6 Å². The number of carbonyl (C=O) groups excluding carboxylic acids is 3. The highest BCUT2D eigenvalue weighted by Crippen LogP contribution is 2.39. The Morgan fingerprint density at radius 2 is 1.79 bits per heavy atom. The number of ether oxygens (including phenoxy) is 2. The van der Waals surface area contributed by atoms with Crippen LogP contribution in [0.3, 0.4) is 0 Å². The summed E-state index contributed by atoms with van der Waals surface area (Å²) in [5.41, 5.74) is 0.943. The van der Waals surface area contributed by atoms with Gasteiger partial charge in [0.05, 0.1) is 26.6 Å². The van der Waals surface area contributed by atoms with E-state index in [2.05, 4.69) is 5.32 Å². The van der Waals surface area contributed by atoms with Gasteiger partial charge in [0.1, 0.15) is 17.3 Å². The summed E-state index contributed by atoms with van der Waals surface area (Å²) < 4.78 is 43.2. The molecule has 0 atom stereocenters. The fraction of sp³-hybridized carbons (Fsp3) is 0.179. The molecule has 10 nitrogen and oxygen atoms in total. The van der Waals surface area contributed by atoms with Crippen molar-refractivity contribution in [3.05, 3.63) is 79.7 Å². The monoisotopic (exact) mass is 742 g/mol. The lowest BCUT2D eigenvalue weighted by Crippen LogP contribution is -2.32. The van der Waals surface area contributed by atoms with Crippen LogP contribution in [0, 0.1) is 3.57 Å². The van der Waals surface area contributed by atoms with Gasteiger partial charge >= 0.3 is 10.1 Å². The lowest BCUT2D eigenvalue weighted by Gasteiger charge is -2.15. The molecule has 0 aliphatic carbocycles. The molecule has 3 amide bonds. The second-order valence-electron chi connectivity index (χ2n) is 8.62. The highest BCUT2D eigenvalue weighted by Gasteiger charge is 2.35. The number of nitrogens with zero attached hydrogens (tertiary/aromatic N) is 1. The highest BCUT2D eigenvalue weighted by atomic mass is 127. The third-order valence-corrected chi connectivity index (χ3v) is 8.83. The van der Waals surface area contributed by atoms with Gasteiger partial charge in [0, 0.05) is 12.6 Å². The van der Waals surface area contributed by atoms with Crippen molar-refractivity contribution in [3.8, 4) is 17.2 Å². The van der Waals surface area contributed by atoms with Gasteiger partial charge in [-0.15, -0.1) is 0 Å². The van der Waals surface area contributed by atoms with Crippen molar-refractivity contribution in [1.82, 2.24) is 4.90 Å². The first kappa shape index (κ1) is 31.7.